The molecule has 0 saturated carbocycles. The molecule has 0 N–H and O–H groups in total. The topological polar surface area (TPSA) is 52.4 Å². The van der Waals surface area contributed by atoms with Crippen molar-refractivity contribution in [3.8, 4) is 5.75 Å². The molecule has 1 atom stereocenters. The third-order valence-electron chi connectivity index (χ3n) is 5.22. The number of benzene rings is 4. The van der Waals surface area contributed by atoms with Crippen LogP contribution in [0.25, 0.3) is 0 Å². The zero-order chi connectivity index (χ0) is 22.2. The quantitative estimate of drug-likeness (QED) is 0.149. The molecule has 33 heavy (non-hydrogen) atoms. The number of hydrogen-bond acceptors (Lipinski definition) is 3. The van der Waals surface area contributed by atoms with E-state index in [9.17, 15) is 10.1 Å². The Kier molecular flexibility index (Phi) is 8.80. The van der Waals surface area contributed by atoms with Crippen LogP contribution < -0.4 is 15.3 Å². The van der Waals surface area contributed by atoms with E-state index in [-0.39, 0.29) is 25.5 Å². The maximum Gasteiger partial charge on any atom is 0.215 e. The zero-order valence-electron chi connectivity index (χ0n) is 18.2. The second-order valence-corrected chi connectivity index (χ2v) is 9.78. The molecule has 0 aromatic heterocycles. The minimum Gasteiger partial charge on any atom is -0.489 e. The average Bonchev–Trinajstić information content (AvgIpc) is 2.84. The second-order valence-electron chi connectivity index (χ2n) is 7.38. The van der Waals surface area contributed by atoms with Crippen LogP contribution in [0.3, 0.4) is 0 Å². The lowest BCUT2D eigenvalue weighted by Gasteiger charge is -2.27. The van der Waals surface area contributed by atoms with Crippen molar-refractivity contribution < 1.29 is 9.66 Å². The molecule has 4 aromatic rings. The van der Waals surface area contributed by atoms with E-state index >= 15 is 0 Å². The first-order valence-corrected chi connectivity index (χ1v) is 11.9. The Bertz CT molecular complexity index is 1100. The summed E-state index contributed by atoms with van der Waals surface area (Å²) in [7, 11) is -1.03. The van der Waals surface area contributed by atoms with Gasteiger partial charge in [-0.15, -0.1) is 0 Å². The molecule has 4 aromatic carbocycles. The number of rotatable bonds is 9. The van der Waals surface area contributed by atoms with Crippen molar-refractivity contribution in [2.75, 3.05) is 6.54 Å². The Hall–Kier alpha value is -3.43. The largest absolute Gasteiger partial charge is 0.489 e. The highest BCUT2D eigenvalue weighted by atomic mass is 31.1. The van der Waals surface area contributed by atoms with Crippen LogP contribution >= 0.6 is 7.92 Å². The Labute approximate surface area is 197 Å². The van der Waals surface area contributed by atoms with Crippen molar-refractivity contribution in [1.82, 2.24) is 0 Å². The van der Waals surface area contributed by atoms with E-state index in [0.717, 1.165) is 21.7 Å². The standard InChI is InChI=1S/C27H24NO3P.B/c29-28(30)20-27(32(23-14-6-2-7-15-23)24-16-8-3-9-17-24)25-18-10-11-19-26(25)31-21-22-12-4-1-5-13-22;/h1-19,27H,20-21H2;/t27-;/m1./s1. The summed E-state index contributed by atoms with van der Waals surface area (Å²) in [4.78, 5) is 11.6. The predicted molar refractivity (Wildman–Crippen MR) is 137 cm³/mol. The molecule has 0 aliphatic heterocycles. The molecule has 0 fully saturated rings. The summed E-state index contributed by atoms with van der Waals surface area (Å²) in [6.45, 7) is 0.249. The molecule has 163 valence electrons. The van der Waals surface area contributed by atoms with Crippen LogP contribution in [0.1, 0.15) is 16.8 Å². The van der Waals surface area contributed by atoms with Gasteiger partial charge in [-0.1, -0.05) is 109 Å². The van der Waals surface area contributed by atoms with Gasteiger partial charge in [0.05, 0.1) is 5.66 Å². The molecule has 0 aliphatic carbocycles. The summed E-state index contributed by atoms with van der Waals surface area (Å²) in [5.74, 6) is 0.697. The molecule has 4 nitrogen and oxygen atoms in total. The number of ether oxygens (including phenoxy) is 1. The molecule has 6 heteroatoms. The lowest BCUT2D eigenvalue weighted by molar-refractivity contribution is -0.479. The molecule has 0 bridgehead atoms. The van der Waals surface area contributed by atoms with E-state index in [1.165, 1.54) is 0 Å². The minimum absolute atomic E-state index is 0. The van der Waals surface area contributed by atoms with Crippen LogP contribution in [0.2, 0.25) is 0 Å². The van der Waals surface area contributed by atoms with Gasteiger partial charge in [-0.2, -0.15) is 0 Å². The van der Waals surface area contributed by atoms with Crippen LogP contribution in [-0.2, 0) is 6.61 Å². The van der Waals surface area contributed by atoms with Gasteiger partial charge in [0, 0.05) is 18.9 Å². The lowest BCUT2D eigenvalue weighted by atomic mass is 10.1. The van der Waals surface area contributed by atoms with Crippen molar-refractivity contribution in [1.29, 1.82) is 0 Å². The molecule has 0 aliphatic rings. The summed E-state index contributed by atoms with van der Waals surface area (Å²) in [6, 6.07) is 37.9. The molecule has 0 spiro atoms. The Balaban J connectivity index is 0.00000306. The number of nitrogens with zero attached hydrogens (tertiary/aromatic N) is 1. The van der Waals surface area contributed by atoms with Crippen molar-refractivity contribution in [2.45, 2.75) is 12.3 Å². The van der Waals surface area contributed by atoms with Crippen LogP contribution in [0.4, 0.5) is 0 Å². The van der Waals surface area contributed by atoms with E-state index in [0.29, 0.717) is 12.4 Å². The normalized spacial score (nSPS) is 11.4. The van der Waals surface area contributed by atoms with Gasteiger partial charge in [-0.3, -0.25) is 10.1 Å². The molecule has 4 rings (SSSR count). The smallest absolute Gasteiger partial charge is 0.215 e. The fourth-order valence-corrected chi connectivity index (χ4v) is 6.56. The molecular formula is C27H24BNO3P. The maximum absolute atomic E-state index is 11.8. The van der Waals surface area contributed by atoms with E-state index in [4.69, 9.17) is 4.74 Å². The Morgan fingerprint density at radius 2 is 1.21 bits per heavy atom. The van der Waals surface area contributed by atoms with Gasteiger partial charge in [0.25, 0.3) is 0 Å². The number of hydrogen-bond donors (Lipinski definition) is 0. The van der Waals surface area contributed by atoms with Crippen molar-refractivity contribution in [3.63, 3.8) is 0 Å². The van der Waals surface area contributed by atoms with E-state index in [1.54, 1.807) is 0 Å². The first-order valence-electron chi connectivity index (χ1n) is 10.5. The van der Waals surface area contributed by atoms with Gasteiger partial charge in [0.15, 0.2) is 0 Å². The van der Waals surface area contributed by atoms with Gasteiger partial charge >= 0.3 is 0 Å². The third-order valence-corrected chi connectivity index (χ3v) is 7.99. The summed E-state index contributed by atoms with van der Waals surface area (Å²) in [5, 5.41) is 14.0. The highest BCUT2D eigenvalue weighted by Crippen LogP contribution is 2.51. The van der Waals surface area contributed by atoms with Gasteiger partial charge in [0.1, 0.15) is 12.4 Å². The monoisotopic (exact) mass is 452 g/mol. The first-order chi connectivity index (χ1) is 15.7. The van der Waals surface area contributed by atoms with E-state index in [1.807, 2.05) is 91.0 Å². The highest BCUT2D eigenvalue weighted by molar-refractivity contribution is 7.73. The van der Waals surface area contributed by atoms with Gasteiger partial charge < -0.3 is 4.74 Å². The number of para-hydroxylation sites is 1. The minimum atomic E-state index is -1.03. The Morgan fingerprint density at radius 1 is 0.727 bits per heavy atom. The lowest BCUT2D eigenvalue weighted by Crippen LogP contribution is -2.22. The van der Waals surface area contributed by atoms with Gasteiger partial charge in [-0.25, -0.2) is 0 Å². The van der Waals surface area contributed by atoms with Crippen LogP contribution in [-0.4, -0.2) is 19.9 Å². The van der Waals surface area contributed by atoms with Crippen LogP contribution in [0, 0.1) is 10.1 Å². The summed E-state index contributed by atoms with van der Waals surface area (Å²) in [5.41, 5.74) is 1.61. The van der Waals surface area contributed by atoms with E-state index < -0.39 is 7.92 Å². The van der Waals surface area contributed by atoms with E-state index in [2.05, 4.69) is 24.3 Å². The molecule has 0 saturated heterocycles. The SMILES string of the molecule is O=[N+]([O-])C[C@H](c1ccccc1OCc1ccccc1)P(c1ccccc1)c1ccccc1.[B]. The maximum atomic E-state index is 11.8. The zero-order valence-corrected chi connectivity index (χ0v) is 19.1. The molecule has 0 heterocycles. The highest BCUT2D eigenvalue weighted by Gasteiger charge is 2.32. The molecular weight excluding hydrogens is 428 g/mol. The molecule has 0 amide bonds. The van der Waals surface area contributed by atoms with Crippen LogP contribution in [0.15, 0.2) is 115 Å². The van der Waals surface area contributed by atoms with Crippen molar-refractivity contribution in [2.24, 2.45) is 0 Å². The van der Waals surface area contributed by atoms with Crippen molar-refractivity contribution in [3.05, 3.63) is 137 Å². The fourth-order valence-electron chi connectivity index (χ4n) is 3.77. The predicted octanol–water partition coefficient (Wildman–Crippen LogP) is 5.34. The Morgan fingerprint density at radius 3 is 1.76 bits per heavy atom. The second kappa shape index (κ2) is 12.0. The average molecular weight is 452 g/mol. The third kappa shape index (κ3) is 6.30. The summed E-state index contributed by atoms with van der Waals surface area (Å²) in [6.07, 6.45) is 0. The molecule has 3 radical (unpaired) electrons. The fraction of sp³-hybridized carbons (Fsp3) is 0.111. The van der Waals surface area contributed by atoms with Gasteiger partial charge in [0.2, 0.25) is 6.54 Å². The summed E-state index contributed by atoms with van der Waals surface area (Å²) >= 11 is 0. The van der Waals surface area contributed by atoms with Crippen molar-refractivity contribution >= 4 is 26.9 Å². The number of nitro groups is 1. The van der Waals surface area contributed by atoms with Crippen LogP contribution in [0.5, 0.6) is 5.75 Å². The molecule has 0 unspecified atom stereocenters. The first kappa shape index (κ1) is 24.2. The van der Waals surface area contributed by atoms with Gasteiger partial charge in [-0.05, 0) is 30.2 Å². The summed E-state index contributed by atoms with van der Waals surface area (Å²) < 4.78 is 6.20.